The second-order valence-corrected chi connectivity index (χ2v) is 5.35. The highest BCUT2D eigenvalue weighted by Gasteiger charge is 2.14. The van der Waals surface area contributed by atoms with Crippen LogP contribution in [0.2, 0.25) is 0 Å². The molecule has 0 amide bonds. The Bertz CT molecular complexity index is 450. The number of rotatable bonds is 6. The highest BCUT2D eigenvalue weighted by Crippen LogP contribution is 2.17. The number of nitriles is 1. The highest BCUT2D eigenvalue weighted by molar-refractivity contribution is 5.36. The van der Waals surface area contributed by atoms with Crippen molar-refractivity contribution in [1.82, 2.24) is 5.32 Å². The molecule has 1 saturated carbocycles. The quantitative estimate of drug-likeness (QED) is 0.835. The summed E-state index contributed by atoms with van der Waals surface area (Å²) in [5, 5.41) is 22.1. The van der Waals surface area contributed by atoms with Crippen LogP contribution in [0.15, 0.2) is 24.3 Å². The lowest BCUT2D eigenvalue weighted by molar-refractivity contribution is 0.102. The molecule has 0 bridgehead atoms. The number of aliphatic hydroxyl groups excluding tert-OH is 1. The molecule has 0 spiro atoms. The van der Waals surface area contributed by atoms with Gasteiger partial charge in [-0.3, -0.25) is 0 Å². The Kier molecular flexibility index (Phi) is 5.85. The molecule has 4 nitrogen and oxygen atoms in total. The lowest BCUT2D eigenvalue weighted by atomic mass is 9.95. The van der Waals surface area contributed by atoms with E-state index in [1.54, 1.807) is 24.3 Å². The molecule has 1 aliphatic rings. The third-order valence-electron chi connectivity index (χ3n) is 3.65. The van der Waals surface area contributed by atoms with Crippen LogP contribution in [0, 0.1) is 11.3 Å². The second kappa shape index (κ2) is 7.88. The van der Waals surface area contributed by atoms with E-state index in [2.05, 4.69) is 11.4 Å². The Balaban J connectivity index is 1.68. The number of ether oxygens (including phenoxy) is 1. The summed E-state index contributed by atoms with van der Waals surface area (Å²) in [4.78, 5) is 0. The topological polar surface area (TPSA) is 65.3 Å². The minimum atomic E-state index is -0.525. The standard InChI is InChI=1S/C16H22N2O2/c17-10-13-5-4-8-16(9-13)20-12-15(19)11-18-14-6-2-1-3-7-14/h4-5,8-9,14-15,18-19H,1-3,6-7,11-12H2. The van der Waals surface area contributed by atoms with Gasteiger partial charge in [-0.1, -0.05) is 25.3 Å². The first-order valence-electron chi connectivity index (χ1n) is 7.32. The van der Waals surface area contributed by atoms with Gasteiger partial charge in [0.1, 0.15) is 18.5 Å². The van der Waals surface area contributed by atoms with Crippen LogP contribution in [-0.4, -0.2) is 30.4 Å². The van der Waals surface area contributed by atoms with Gasteiger partial charge in [-0.2, -0.15) is 5.26 Å². The largest absolute Gasteiger partial charge is 0.491 e. The minimum absolute atomic E-state index is 0.245. The van der Waals surface area contributed by atoms with Gasteiger partial charge in [-0.15, -0.1) is 0 Å². The molecule has 2 rings (SSSR count). The van der Waals surface area contributed by atoms with Gasteiger partial charge in [0, 0.05) is 12.6 Å². The number of nitrogens with zero attached hydrogens (tertiary/aromatic N) is 1. The molecule has 1 fully saturated rings. The average molecular weight is 274 g/mol. The summed E-state index contributed by atoms with van der Waals surface area (Å²) in [6.45, 7) is 0.803. The van der Waals surface area contributed by atoms with Gasteiger partial charge in [0.05, 0.1) is 11.6 Å². The van der Waals surface area contributed by atoms with Crippen LogP contribution < -0.4 is 10.1 Å². The van der Waals surface area contributed by atoms with E-state index in [1.807, 2.05) is 0 Å². The van der Waals surface area contributed by atoms with Crippen LogP contribution in [0.4, 0.5) is 0 Å². The van der Waals surface area contributed by atoms with Crippen LogP contribution in [-0.2, 0) is 0 Å². The summed E-state index contributed by atoms with van der Waals surface area (Å²) < 4.78 is 5.51. The molecule has 0 heterocycles. The molecule has 1 aliphatic carbocycles. The van der Waals surface area contributed by atoms with E-state index in [9.17, 15) is 5.11 Å². The summed E-state index contributed by atoms with van der Waals surface area (Å²) in [6, 6.07) is 9.59. The molecule has 20 heavy (non-hydrogen) atoms. The van der Waals surface area contributed by atoms with Crippen LogP contribution in [0.25, 0.3) is 0 Å². The van der Waals surface area contributed by atoms with Crippen molar-refractivity contribution in [3.05, 3.63) is 29.8 Å². The zero-order valence-corrected chi connectivity index (χ0v) is 11.7. The van der Waals surface area contributed by atoms with E-state index in [0.717, 1.165) is 0 Å². The van der Waals surface area contributed by atoms with Gasteiger partial charge < -0.3 is 15.2 Å². The molecular formula is C16H22N2O2. The van der Waals surface area contributed by atoms with E-state index in [1.165, 1.54) is 32.1 Å². The molecule has 1 unspecified atom stereocenters. The fourth-order valence-electron chi connectivity index (χ4n) is 2.52. The van der Waals surface area contributed by atoms with E-state index in [4.69, 9.17) is 10.00 Å². The van der Waals surface area contributed by atoms with E-state index in [-0.39, 0.29) is 6.61 Å². The first-order valence-corrected chi connectivity index (χ1v) is 7.32. The summed E-state index contributed by atoms with van der Waals surface area (Å²) >= 11 is 0. The number of aliphatic hydroxyl groups is 1. The third-order valence-corrected chi connectivity index (χ3v) is 3.65. The Morgan fingerprint density at radius 3 is 2.90 bits per heavy atom. The lowest BCUT2D eigenvalue weighted by Gasteiger charge is -2.24. The maximum Gasteiger partial charge on any atom is 0.120 e. The van der Waals surface area contributed by atoms with Crippen LogP contribution in [0.5, 0.6) is 5.75 Å². The Morgan fingerprint density at radius 1 is 1.35 bits per heavy atom. The molecular weight excluding hydrogens is 252 g/mol. The molecule has 1 atom stereocenters. The zero-order valence-electron chi connectivity index (χ0n) is 11.7. The van der Waals surface area contributed by atoms with Crippen LogP contribution in [0.1, 0.15) is 37.7 Å². The van der Waals surface area contributed by atoms with Crippen molar-refractivity contribution >= 4 is 0 Å². The minimum Gasteiger partial charge on any atom is -0.491 e. The van der Waals surface area contributed by atoms with Gasteiger partial charge in [0.2, 0.25) is 0 Å². The van der Waals surface area contributed by atoms with Crippen molar-refractivity contribution in [2.45, 2.75) is 44.2 Å². The van der Waals surface area contributed by atoms with Gasteiger partial charge >= 0.3 is 0 Å². The second-order valence-electron chi connectivity index (χ2n) is 5.35. The predicted molar refractivity (Wildman–Crippen MR) is 77.5 cm³/mol. The molecule has 1 aromatic carbocycles. The molecule has 108 valence electrons. The normalized spacial score (nSPS) is 17.4. The molecule has 4 heteroatoms. The maximum atomic E-state index is 9.92. The number of nitrogens with one attached hydrogen (secondary N) is 1. The maximum absolute atomic E-state index is 9.92. The molecule has 1 aromatic rings. The number of benzene rings is 1. The predicted octanol–water partition coefficient (Wildman–Crippen LogP) is 2.22. The monoisotopic (exact) mass is 274 g/mol. The summed E-state index contributed by atoms with van der Waals surface area (Å²) in [5.74, 6) is 0.626. The molecule has 0 aromatic heterocycles. The Hall–Kier alpha value is -1.57. The molecule has 2 N–H and O–H groups in total. The van der Waals surface area contributed by atoms with Crippen LogP contribution in [0.3, 0.4) is 0 Å². The van der Waals surface area contributed by atoms with Crippen molar-refractivity contribution in [3.63, 3.8) is 0 Å². The summed E-state index contributed by atoms with van der Waals surface area (Å²) in [7, 11) is 0. The SMILES string of the molecule is N#Cc1cccc(OCC(O)CNC2CCCCC2)c1. The molecule has 0 radical (unpaired) electrons. The highest BCUT2D eigenvalue weighted by atomic mass is 16.5. The van der Waals surface area contributed by atoms with Crippen molar-refractivity contribution in [2.75, 3.05) is 13.2 Å². The third kappa shape index (κ3) is 4.84. The average Bonchev–Trinajstić information content (AvgIpc) is 2.52. The van der Waals surface area contributed by atoms with E-state index >= 15 is 0 Å². The summed E-state index contributed by atoms with van der Waals surface area (Å²) in [5.41, 5.74) is 0.567. The van der Waals surface area contributed by atoms with Crippen molar-refractivity contribution in [3.8, 4) is 11.8 Å². The number of hydrogen-bond donors (Lipinski definition) is 2. The van der Waals surface area contributed by atoms with Crippen molar-refractivity contribution in [1.29, 1.82) is 5.26 Å². The van der Waals surface area contributed by atoms with Crippen molar-refractivity contribution in [2.24, 2.45) is 0 Å². The molecule has 0 saturated heterocycles. The van der Waals surface area contributed by atoms with E-state index in [0.29, 0.717) is 23.9 Å². The first kappa shape index (κ1) is 14.8. The van der Waals surface area contributed by atoms with Gasteiger partial charge in [-0.05, 0) is 31.0 Å². The first-order chi connectivity index (χ1) is 9.78. The van der Waals surface area contributed by atoms with Crippen LogP contribution >= 0.6 is 0 Å². The molecule has 0 aliphatic heterocycles. The van der Waals surface area contributed by atoms with Gasteiger partial charge in [-0.25, -0.2) is 0 Å². The fourth-order valence-corrected chi connectivity index (χ4v) is 2.52. The smallest absolute Gasteiger partial charge is 0.120 e. The van der Waals surface area contributed by atoms with Gasteiger partial charge in [0.25, 0.3) is 0 Å². The van der Waals surface area contributed by atoms with Gasteiger partial charge in [0.15, 0.2) is 0 Å². The number of hydrogen-bond acceptors (Lipinski definition) is 4. The van der Waals surface area contributed by atoms with E-state index < -0.39 is 6.10 Å². The zero-order chi connectivity index (χ0) is 14.2. The van der Waals surface area contributed by atoms with Crippen molar-refractivity contribution < 1.29 is 9.84 Å². The summed E-state index contributed by atoms with van der Waals surface area (Å²) in [6.07, 6.45) is 5.79. The fraction of sp³-hybridized carbons (Fsp3) is 0.562. The lowest BCUT2D eigenvalue weighted by Crippen LogP contribution is -2.38. The Morgan fingerprint density at radius 2 is 2.15 bits per heavy atom. The Labute approximate surface area is 120 Å².